The van der Waals surface area contributed by atoms with Gasteiger partial charge in [0, 0.05) is 57.4 Å². The standard InChI is InChI=1S/C25H38N4O4S/c1-21-9-4-7-14-29(21)34(32,33)23-11-8-10-22(19-23)25(31)28-17-15-26(16-18-28)20-24(30)27-12-5-2-3-6-13-27/h8,10-11,19,21H,2-7,9,12-18,20H2,1H3. The van der Waals surface area contributed by atoms with Crippen LogP contribution in [0, 0.1) is 0 Å². The molecule has 1 aromatic carbocycles. The average molecular weight is 491 g/mol. The maximum absolute atomic E-state index is 13.2. The number of hydrogen-bond donors (Lipinski definition) is 0. The molecule has 0 aliphatic carbocycles. The van der Waals surface area contributed by atoms with Crippen molar-refractivity contribution in [2.75, 3.05) is 52.4 Å². The van der Waals surface area contributed by atoms with E-state index in [0.717, 1.165) is 45.2 Å². The van der Waals surface area contributed by atoms with Gasteiger partial charge in [-0.2, -0.15) is 4.31 Å². The van der Waals surface area contributed by atoms with Crippen molar-refractivity contribution in [2.45, 2.75) is 62.8 Å². The normalized spacial score (nSPS) is 23.5. The first-order valence-corrected chi connectivity index (χ1v) is 14.2. The zero-order valence-corrected chi connectivity index (χ0v) is 21.1. The molecule has 1 aromatic rings. The van der Waals surface area contributed by atoms with Gasteiger partial charge in [0.2, 0.25) is 15.9 Å². The Balaban J connectivity index is 1.35. The van der Waals surface area contributed by atoms with Crippen molar-refractivity contribution < 1.29 is 18.0 Å². The summed E-state index contributed by atoms with van der Waals surface area (Å²) in [5.74, 6) is 0.0359. The Morgan fingerprint density at radius 2 is 1.53 bits per heavy atom. The van der Waals surface area contributed by atoms with E-state index in [2.05, 4.69) is 4.90 Å². The molecule has 3 aliphatic rings. The Kier molecular flexibility index (Phi) is 8.26. The summed E-state index contributed by atoms with van der Waals surface area (Å²) in [5, 5.41) is 0. The van der Waals surface area contributed by atoms with Gasteiger partial charge >= 0.3 is 0 Å². The molecule has 1 atom stereocenters. The van der Waals surface area contributed by atoms with Gasteiger partial charge in [0.25, 0.3) is 5.91 Å². The highest BCUT2D eigenvalue weighted by molar-refractivity contribution is 7.89. The second-order valence-electron chi connectivity index (χ2n) is 9.85. The van der Waals surface area contributed by atoms with Gasteiger partial charge in [-0.3, -0.25) is 14.5 Å². The molecule has 3 fully saturated rings. The lowest BCUT2D eigenvalue weighted by Crippen LogP contribution is -2.51. The second kappa shape index (κ2) is 11.2. The molecule has 9 heteroatoms. The van der Waals surface area contributed by atoms with Crippen molar-refractivity contribution in [3.8, 4) is 0 Å². The van der Waals surface area contributed by atoms with E-state index in [4.69, 9.17) is 0 Å². The van der Waals surface area contributed by atoms with Crippen LogP contribution in [0.4, 0.5) is 0 Å². The van der Waals surface area contributed by atoms with Crippen LogP contribution in [0.25, 0.3) is 0 Å². The molecule has 0 bridgehead atoms. The van der Waals surface area contributed by atoms with Gasteiger partial charge in [-0.15, -0.1) is 0 Å². The lowest BCUT2D eigenvalue weighted by Gasteiger charge is -2.35. The average Bonchev–Trinajstić information content (AvgIpc) is 3.14. The highest BCUT2D eigenvalue weighted by atomic mass is 32.2. The number of nitrogens with zero attached hydrogens (tertiary/aromatic N) is 4. The quantitative estimate of drug-likeness (QED) is 0.633. The zero-order chi connectivity index (χ0) is 24.1. The summed E-state index contributed by atoms with van der Waals surface area (Å²) in [6.45, 7) is 6.95. The van der Waals surface area contributed by atoms with E-state index in [1.54, 1.807) is 27.4 Å². The Morgan fingerprint density at radius 1 is 0.853 bits per heavy atom. The maximum Gasteiger partial charge on any atom is 0.253 e. The van der Waals surface area contributed by atoms with E-state index in [1.807, 2.05) is 11.8 Å². The molecule has 0 spiro atoms. The Hall–Kier alpha value is -1.97. The fourth-order valence-corrected chi connectivity index (χ4v) is 7.00. The number of amides is 2. The molecule has 1 unspecified atom stereocenters. The van der Waals surface area contributed by atoms with Crippen molar-refractivity contribution in [3.63, 3.8) is 0 Å². The van der Waals surface area contributed by atoms with Gasteiger partial charge in [0.05, 0.1) is 11.4 Å². The van der Waals surface area contributed by atoms with Crippen LogP contribution >= 0.6 is 0 Å². The van der Waals surface area contributed by atoms with Crippen LogP contribution in [0.3, 0.4) is 0 Å². The Labute approximate surface area is 203 Å². The van der Waals surface area contributed by atoms with Gasteiger partial charge in [-0.1, -0.05) is 25.3 Å². The number of piperidine rings is 1. The molecule has 3 saturated heterocycles. The highest BCUT2D eigenvalue weighted by Crippen LogP contribution is 2.26. The first-order chi connectivity index (χ1) is 16.4. The smallest absolute Gasteiger partial charge is 0.253 e. The van der Waals surface area contributed by atoms with Gasteiger partial charge in [0.1, 0.15) is 0 Å². The zero-order valence-electron chi connectivity index (χ0n) is 20.3. The van der Waals surface area contributed by atoms with Crippen LogP contribution in [0.2, 0.25) is 0 Å². The van der Waals surface area contributed by atoms with Crippen molar-refractivity contribution in [1.82, 2.24) is 19.0 Å². The minimum atomic E-state index is -3.62. The molecule has 0 N–H and O–H groups in total. The number of piperazine rings is 1. The largest absolute Gasteiger partial charge is 0.342 e. The second-order valence-corrected chi connectivity index (χ2v) is 11.7. The van der Waals surface area contributed by atoms with E-state index in [9.17, 15) is 18.0 Å². The van der Waals surface area contributed by atoms with Crippen LogP contribution in [0.1, 0.15) is 62.2 Å². The van der Waals surface area contributed by atoms with Gasteiger partial charge in [-0.05, 0) is 50.8 Å². The molecule has 2 amide bonds. The minimum absolute atomic E-state index is 0.0248. The van der Waals surface area contributed by atoms with E-state index in [-0.39, 0.29) is 22.8 Å². The molecule has 0 aromatic heterocycles. The van der Waals surface area contributed by atoms with E-state index >= 15 is 0 Å². The topological polar surface area (TPSA) is 81.2 Å². The molecule has 0 saturated carbocycles. The summed E-state index contributed by atoms with van der Waals surface area (Å²) in [4.78, 5) is 31.9. The third-order valence-electron chi connectivity index (χ3n) is 7.41. The number of hydrogen-bond acceptors (Lipinski definition) is 5. The molecular weight excluding hydrogens is 452 g/mol. The van der Waals surface area contributed by atoms with Crippen molar-refractivity contribution in [2.24, 2.45) is 0 Å². The molecule has 0 radical (unpaired) electrons. The predicted molar refractivity (Wildman–Crippen MR) is 131 cm³/mol. The van der Waals surface area contributed by atoms with E-state index in [1.165, 1.54) is 18.9 Å². The Morgan fingerprint density at radius 3 is 2.21 bits per heavy atom. The summed E-state index contributed by atoms with van der Waals surface area (Å²) in [7, 11) is -3.62. The van der Waals surface area contributed by atoms with Crippen LogP contribution in [-0.2, 0) is 14.8 Å². The van der Waals surface area contributed by atoms with Crippen molar-refractivity contribution in [3.05, 3.63) is 29.8 Å². The summed E-state index contributed by atoms with van der Waals surface area (Å²) in [5.41, 5.74) is 0.403. The van der Waals surface area contributed by atoms with E-state index in [0.29, 0.717) is 44.8 Å². The van der Waals surface area contributed by atoms with Gasteiger partial charge in [0.15, 0.2) is 0 Å². The molecule has 8 nitrogen and oxygen atoms in total. The number of sulfonamides is 1. The fraction of sp³-hybridized carbons (Fsp3) is 0.680. The number of likely N-dealkylation sites (tertiary alicyclic amines) is 1. The third-order valence-corrected chi connectivity index (χ3v) is 9.42. The number of carbonyl (C=O) groups excluding carboxylic acids is 2. The first kappa shape index (κ1) is 25.1. The highest BCUT2D eigenvalue weighted by Gasteiger charge is 2.32. The van der Waals surface area contributed by atoms with Crippen LogP contribution in [-0.4, -0.2) is 97.6 Å². The maximum atomic E-state index is 13.2. The van der Waals surface area contributed by atoms with Gasteiger partial charge in [-0.25, -0.2) is 8.42 Å². The molecule has 4 rings (SSSR count). The SMILES string of the molecule is CC1CCCCN1S(=O)(=O)c1cccc(C(=O)N2CCN(CC(=O)N3CCCCCC3)CC2)c1. The summed E-state index contributed by atoms with van der Waals surface area (Å²) < 4.78 is 28.0. The third kappa shape index (κ3) is 5.80. The van der Waals surface area contributed by atoms with E-state index < -0.39 is 10.0 Å². The molecular formula is C25H38N4O4S. The number of carbonyl (C=O) groups is 2. The van der Waals surface area contributed by atoms with Crippen molar-refractivity contribution in [1.29, 1.82) is 0 Å². The molecule has 188 valence electrons. The van der Waals surface area contributed by atoms with Crippen LogP contribution in [0.15, 0.2) is 29.2 Å². The number of rotatable bonds is 5. The lowest BCUT2D eigenvalue weighted by molar-refractivity contribution is -0.132. The first-order valence-electron chi connectivity index (χ1n) is 12.8. The molecule has 3 aliphatic heterocycles. The summed E-state index contributed by atoms with van der Waals surface area (Å²) in [6, 6.07) is 6.43. The van der Waals surface area contributed by atoms with Gasteiger partial charge < -0.3 is 9.80 Å². The monoisotopic (exact) mass is 490 g/mol. The predicted octanol–water partition coefficient (Wildman–Crippen LogP) is 2.41. The van der Waals surface area contributed by atoms with Crippen LogP contribution < -0.4 is 0 Å². The summed E-state index contributed by atoms with van der Waals surface area (Å²) in [6.07, 6.45) is 7.34. The Bertz CT molecular complexity index is 967. The number of benzene rings is 1. The molecule has 3 heterocycles. The van der Waals surface area contributed by atoms with Crippen molar-refractivity contribution >= 4 is 21.8 Å². The lowest BCUT2D eigenvalue weighted by atomic mass is 10.1. The summed E-state index contributed by atoms with van der Waals surface area (Å²) >= 11 is 0. The van der Waals surface area contributed by atoms with Crippen LogP contribution in [0.5, 0.6) is 0 Å². The minimum Gasteiger partial charge on any atom is -0.342 e. The fourth-order valence-electron chi connectivity index (χ4n) is 5.26. The molecule has 34 heavy (non-hydrogen) atoms.